The van der Waals surface area contributed by atoms with E-state index in [0.29, 0.717) is 6.42 Å². The van der Waals surface area contributed by atoms with Crippen molar-refractivity contribution in [2.45, 2.75) is 38.6 Å². The van der Waals surface area contributed by atoms with E-state index in [9.17, 15) is 4.79 Å². The Hall–Kier alpha value is -2.34. The van der Waals surface area contributed by atoms with Gasteiger partial charge in [0.05, 0.1) is 6.04 Å². The molecule has 1 aromatic carbocycles. The van der Waals surface area contributed by atoms with E-state index in [0.717, 1.165) is 36.5 Å². The van der Waals surface area contributed by atoms with Crippen LogP contribution in [0.5, 0.6) is 0 Å². The van der Waals surface area contributed by atoms with Crippen molar-refractivity contribution in [1.82, 2.24) is 19.9 Å². The van der Waals surface area contributed by atoms with Crippen LogP contribution in [-0.2, 0) is 11.2 Å². The zero-order valence-corrected chi connectivity index (χ0v) is 16.7. The molecule has 0 aliphatic heterocycles. The normalized spacial score (nSPS) is 12.2. The van der Waals surface area contributed by atoms with E-state index in [1.54, 1.807) is 11.8 Å². The fourth-order valence-electron chi connectivity index (χ4n) is 3.07. The van der Waals surface area contributed by atoms with Gasteiger partial charge in [-0.2, -0.15) is 11.8 Å². The predicted molar refractivity (Wildman–Crippen MR) is 111 cm³/mol. The SMILES string of the molecule is CSCCC(NC(=O)CCCc1ccc(C)cc1)c1nnc2ccccn12. The minimum atomic E-state index is -0.123. The lowest BCUT2D eigenvalue weighted by Crippen LogP contribution is -2.30. The van der Waals surface area contributed by atoms with Gasteiger partial charge in [0.2, 0.25) is 5.91 Å². The Morgan fingerprint density at radius 2 is 2.00 bits per heavy atom. The van der Waals surface area contributed by atoms with Crippen molar-refractivity contribution < 1.29 is 4.79 Å². The van der Waals surface area contributed by atoms with Crippen molar-refractivity contribution in [2.24, 2.45) is 0 Å². The summed E-state index contributed by atoms with van der Waals surface area (Å²) in [5, 5.41) is 11.7. The van der Waals surface area contributed by atoms with Crippen molar-refractivity contribution in [3.05, 3.63) is 65.6 Å². The topological polar surface area (TPSA) is 59.3 Å². The number of fused-ring (bicyclic) bond motifs is 1. The van der Waals surface area contributed by atoms with Crippen LogP contribution in [0, 0.1) is 6.92 Å². The van der Waals surface area contributed by atoms with Crippen LogP contribution in [0.3, 0.4) is 0 Å². The van der Waals surface area contributed by atoms with Crippen LogP contribution in [0.2, 0.25) is 0 Å². The molecule has 0 fully saturated rings. The number of nitrogens with one attached hydrogen (secondary N) is 1. The number of pyridine rings is 1. The molecule has 0 saturated carbocycles. The second-order valence-corrected chi connectivity index (χ2v) is 7.71. The zero-order chi connectivity index (χ0) is 19.1. The molecule has 3 aromatic rings. The average Bonchev–Trinajstić information content (AvgIpc) is 3.11. The Morgan fingerprint density at radius 1 is 1.19 bits per heavy atom. The number of carbonyl (C=O) groups excluding carboxylic acids is 1. The van der Waals surface area contributed by atoms with E-state index in [2.05, 4.69) is 53.0 Å². The maximum absolute atomic E-state index is 12.5. The maximum Gasteiger partial charge on any atom is 0.220 e. The molecule has 3 rings (SSSR count). The van der Waals surface area contributed by atoms with E-state index < -0.39 is 0 Å². The summed E-state index contributed by atoms with van der Waals surface area (Å²) in [5.41, 5.74) is 3.33. The summed E-state index contributed by atoms with van der Waals surface area (Å²) in [6.07, 6.45) is 7.12. The van der Waals surface area contributed by atoms with Crippen molar-refractivity contribution >= 4 is 23.3 Å². The molecule has 0 bridgehead atoms. The van der Waals surface area contributed by atoms with Crippen molar-refractivity contribution in [2.75, 3.05) is 12.0 Å². The number of benzene rings is 1. The summed E-state index contributed by atoms with van der Waals surface area (Å²) < 4.78 is 1.96. The Labute approximate surface area is 164 Å². The first kappa shape index (κ1) is 19.4. The van der Waals surface area contributed by atoms with Crippen LogP contribution >= 0.6 is 11.8 Å². The van der Waals surface area contributed by atoms with E-state index in [-0.39, 0.29) is 11.9 Å². The number of hydrogen-bond acceptors (Lipinski definition) is 4. The molecule has 0 aliphatic rings. The van der Waals surface area contributed by atoms with Gasteiger partial charge in [-0.15, -0.1) is 10.2 Å². The summed E-state index contributed by atoms with van der Waals surface area (Å²) in [6.45, 7) is 2.08. The number of rotatable bonds is 9. The monoisotopic (exact) mass is 382 g/mol. The van der Waals surface area contributed by atoms with E-state index in [4.69, 9.17) is 0 Å². The number of thioether (sulfide) groups is 1. The zero-order valence-electron chi connectivity index (χ0n) is 15.9. The third-order valence-electron chi connectivity index (χ3n) is 4.59. The van der Waals surface area contributed by atoms with Gasteiger partial charge in [0.25, 0.3) is 0 Å². The van der Waals surface area contributed by atoms with Crippen LogP contribution in [0.15, 0.2) is 48.7 Å². The first-order chi connectivity index (χ1) is 13.2. The van der Waals surface area contributed by atoms with E-state index >= 15 is 0 Å². The lowest BCUT2D eigenvalue weighted by Gasteiger charge is -2.17. The first-order valence-corrected chi connectivity index (χ1v) is 10.7. The molecular formula is C21H26N4OS. The smallest absolute Gasteiger partial charge is 0.220 e. The predicted octanol–water partition coefficient (Wildman–Crippen LogP) is 3.97. The first-order valence-electron chi connectivity index (χ1n) is 9.31. The van der Waals surface area contributed by atoms with Gasteiger partial charge in [-0.25, -0.2) is 0 Å². The van der Waals surface area contributed by atoms with Crippen LogP contribution in [-0.4, -0.2) is 32.5 Å². The third kappa shape index (κ3) is 5.32. The van der Waals surface area contributed by atoms with Gasteiger partial charge in [-0.3, -0.25) is 9.20 Å². The summed E-state index contributed by atoms with van der Waals surface area (Å²) in [7, 11) is 0. The highest BCUT2D eigenvalue weighted by molar-refractivity contribution is 7.98. The molecule has 0 saturated heterocycles. The molecular weight excluding hydrogens is 356 g/mol. The Balaban J connectivity index is 1.60. The Bertz CT molecular complexity index is 875. The van der Waals surface area contributed by atoms with Crippen LogP contribution < -0.4 is 5.32 Å². The van der Waals surface area contributed by atoms with Crippen LogP contribution in [0.1, 0.15) is 42.3 Å². The molecule has 0 aliphatic carbocycles. The highest BCUT2D eigenvalue weighted by Crippen LogP contribution is 2.18. The van der Waals surface area contributed by atoms with Crippen molar-refractivity contribution in [1.29, 1.82) is 0 Å². The molecule has 0 radical (unpaired) electrons. The molecule has 5 nitrogen and oxygen atoms in total. The minimum Gasteiger partial charge on any atom is -0.346 e. The summed E-state index contributed by atoms with van der Waals surface area (Å²) >= 11 is 1.77. The molecule has 1 N–H and O–H groups in total. The third-order valence-corrected chi connectivity index (χ3v) is 5.23. The molecule has 2 aromatic heterocycles. The molecule has 0 spiro atoms. The Kier molecular flexibility index (Phi) is 6.87. The fourth-order valence-corrected chi connectivity index (χ4v) is 3.54. The number of aromatic nitrogens is 3. The van der Waals surface area contributed by atoms with Gasteiger partial charge in [0.15, 0.2) is 11.5 Å². The molecule has 6 heteroatoms. The molecule has 1 amide bonds. The van der Waals surface area contributed by atoms with E-state index in [1.807, 2.05) is 28.8 Å². The second kappa shape index (κ2) is 9.55. The van der Waals surface area contributed by atoms with Gasteiger partial charge in [0.1, 0.15) is 0 Å². The van der Waals surface area contributed by atoms with Gasteiger partial charge in [-0.1, -0.05) is 35.9 Å². The Morgan fingerprint density at radius 3 is 2.78 bits per heavy atom. The minimum absolute atomic E-state index is 0.0703. The van der Waals surface area contributed by atoms with E-state index in [1.165, 1.54) is 11.1 Å². The summed E-state index contributed by atoms with van der Waals surface area (Å²) in [6, 6.07) is 14.2. The lowest BCUT2D eigenvalue weighted by molar-refractivity contribution is -0.122. The largest absolute Gasteiger partial charge is 0.346 e. The second-order valence-electron chi connectivity index (χ2n) is 6.73. The average molecular weight is 383 g/mol. The summed E-state index contributed by atoms with van der Waals surface area (Å²) in [4.78, 5) is 12.5. The molecule has 27 heavy (non-hydrogen) atoms. The maximum atomic E-state index is 12.5. The summed E-state index contributed by atoms with van der Waals surface area (Å²) in [5.74, 6) is 1.82. The standard InChI is InChI=1S/C21H26N4OS/c1-16-9-11-17(12-10-16)6-5-8-20(26)22-18(13-15-27-2)21-24-23-19-7-3-4-14-25(19)21/h3-4,7,9-12,14,18H,5-6,8,13,15H2,1-2H3,(H,22,26). The molecule has 2 heterocycles. The lowest BCUT2D eigenvalue weighted by atomic mass is 10.1. The van der Waals surface area contributed by atoms with Crippen molar-refractivity contribution in [3.8, 4) is 0 Å². The quantitative estimate of drug-likeness (QED) is 0.608. The van der Waals surface area contributed by atoms with Gasteiger partial charge >= 0.3 is 0 Å². The molecule has 1 unspecified atom stereocenters. The number of amides is 1. The van der Waals surface area contributed by atoms with Crippen molar-refractivity contribution in [3.63, 3.8) is 0 Å². The van der Waals surface area contributed by atoms with Gasteiger partial charge in [0, 0.05) is 12.6 Å². The molecule has 142 valence electrons. The highest BCUT2D eigenvalue weighted by Gasteiger charge is 2.19. The van der Waals surface area contributed by atoms with Gasteiger partial charge < -0.3 is 5.32 Å². The highest BCUT2D eigenvalue weighted by atomic mass is 32.2. The van der Waals surface area contributed by atoms with Crippen LogP contribution in [0.4, 0.5) is 0 Å². The molecule has 1 atom stereocenters. The number of hydrogen-bond donors (Lipinski definition) is 1. The number of aryl methyl sites for hydroxylation is 2. The number of carbonyl (C=O) groups is 1. The number of nitrogens with zero attached hydrogens (tertiary/aromatic N) is 3. The fraction of sp³-hybridized carbons (Fsp3) is 0.381. The van der Waals surface area contributed by atoms with Gasteiger partial charge in [-0.05, 0) is 55.9 Å². The van der Waals surface area contributed by atoms with Crippen LogP contribution in [0.25, 0.3) is 5.65 Å².